The fraction of sp³-hybridized carbons (Fsp3) is 0.542. The van der Waals surface area contributed by atoms with E-state index in [0.29, 0.717) is 17.2 Å². The summed E-state index contributed by atoms with van der Waals surface area (Å²) in [4.78, 5) is 26.3. The van der Waals surface area contributed by atoms with Crippen molar-refractivity contribution in [1.82, 2.24) is 9.97 Å². The monoisotopic (exact) mass is 506 g/mol. The van der Waals surface area contributed by atoms with Gasteiger partial charge in [-0.15, -0.1) is 0 Å². The first kappa shape index (κ1) is 25.9. The Bertz CT molecular complexity index is 954. The van der Waals surface area contributed by atoms with E-state index in [-0.39, 0.29) is 11.5 Å². The molecule has 0 aromatic carbocycles. The van der Waals surface area contributed by atoms with Crippen LogP contribution in [0.3, 0.4) is 0 Å². The van der Waals surface area contributed by atoms with E-state index < -0.39 is 14.8 Å². The average Bonchev–Trinajstić information content (AvgIpc) is 3.48. The zero-order valence-electron chi connectivity index (χ0n) is 19.6. The molecule has 4 heterocycles. The number of aliphatic imine (C=N–C) groups is 2. The number of carbonyl (C=O) groups excluding carboxylic acids is 1. The van der Waals surface area contributed by atoms with Gasteiger partial charge in [-0.25, -0.2) is 0 Å². The van der Waals surface area contributed by atoms with Crippen molar-refractivity contribution in [3.05, 3.63) is 48.0 Å². The summed E-state index contributed by atoms with van der Waals surface area (Å²) in [7, 11) is 0. The van der Waals surface area contributed by atoms with E-state index in [4.69, 9.17) is 12.7 Å². The van der Waals surface area contributed by atoms with Gasteiger partial charge in [-0.05, 0) is 54.9 Å². The van der Waals surface area contributed by atoms with E-state index in [1.165, 1.54) is 17.1 Å². The first-order valence-electron chi connectivity index (χ1n) is 10.8. The second-order valence-electron chi connectivity index (χ2n) is 9.83. The Morgan fingerprint density at radius 3 is 1.75 bits per heavy atom. The van der Waals surface area contributed by atoms with Gasteiger partial charge in [0.25, 0.3) is 0 Å². The molecule has 2 aromatic rings. The van der Waals surface area contributed by atoms with E-state index in [1.807, 2.05) is 24.5 Å². The Labute approximate surface area is 196 Å². The topological polar surface area (TPSA) is 108 Å². The number of hydrogen-bond donors (Lipinski definition) is 2. The number of H-pyrrole nitrogens is 2. The van der Waals surface area contributed by atoms with Crippen LogP contribution in [-0.2, 0) is 25.3 Å². The maximum absolute atomic E-state index is 10.7. The molecule has 174 valence electrons. The number of nitrogens with one attached hydrogen (secondary N) is 2. The molecule has 2 N–H and O–H groups in total. The normalized spacial score (nSPS) is 22.5. The van der Waals surface area contributed by atoms with Crippen LogP contribution >= 0.6 is 0 Å². The number of aldehydes is 1. The molecular weight excluding hydrogens is 471 g/mol. The van der Waals surface area contributed by atoms with Gasteiger partial charge in [-0.1, -0.05) is 27.7 Å². The van der Waals surface area contributed by atoms with Crippen LogP contribution in [0.2, 0.25) is 0 Å². The second kappa shape index (κ2) is 11.5. The van der Waals surface area contributed by atoms with Crippen molar-refractivity contribution in [2.24, 2.45) is 20.8 Å². The molecule has 32 heavy (non-hydrogen) atoms. The molecule has 2 aliphatic rings. The van der Waals surface area contributed by atoms with E-state index >= 15 is 0 Å². The second-order valence-corrected chi connectivity index (χ2v) is 10.1. The Morgan fingerprint density at radius 1 is 0.938 bits per heavy atom. The van der Waals surface area contributed by atoms with Gasteiger partial charge in [-0.3, -0.25) is 14.8 Å². The molecule has 0 saturated carbocycles. The van der Waals surface area contributed by atoms with Gasteiger partial charge in [0.2, 0.25) is 0 Å². The van der Waals surface area contributed by atoms with Gasteiger partial charge in [0.1, 0.15) is 0 Å². The van der Waals surface area contributed by atoms with E-state index in [0.717, 1.165) is 32.0 Å². The van der Waals surface area contributed by atoms with Gasteiger partial charge in [0, 0.05) is 42.3 Å². The summed E-state index contributed by atoms with van der Waals surface area (Å²) in [6.07, 6.45) is 8.64. The number of rotatable bonds is 5. The Kier molecular flexibility index (Phi) is 9.34. The van der Waals surface area contributed by atoms with Crippen molar-refractivity contribution in [3.8, 4) is 0 Å². The number of carbonyl (C=O) groups is 1. The van der Waals surface area contributed by atoms with Crippen LogP contribution in [-0.4, -0.2) is 54.6 Å². The van der Waals surface area contributed by atoms with Crippen molar-refractivity contribution in [3.63, 3.8) is 0 Å². The first-order chi connectivity index (χ1) is 15.1. The van der Waals surface area contributed by atoms with Crippen molar-refractivity contribution in [2.75, 3.05) is 0 Å². The molecule has 2 aromatic heterocycles. The molecule has 7 nitrogen and oxygen atoms in total. The molecule has 0 fully saturated rings. The summed E-state index contributed by atoms with van der Waals surface area (Å²) in [6.45, 7) is 11.1. The fourth-order valence-corrected chi connectivity index (χ4v) is 4.39. The fourth-order valence-electron chi connectivity index (χ4n) is 4.39. The molecular formula is C24H34N4O3Se. The minimum atomic E-state index is -1.62. The van der Waals surface area contributed by atoms with Crippen LogP contribution in [0, 0.1) is 10.8 Å². The summed E-state index contributed by atoms with van der Waals surface area (Å²) in [5.74, 6) is 0. The van der Waals surface area contributed by atoms with Crippen molar-refractivity contribution in [2.45, 2.75) is 72.4 Å². The maximum atomic E-state index is 10.7. The Morgan fingerprint density at radius 2 is 1.41 bits per heavy atom. The van der Waals surface area contributed by atoms with Crippen LogP contribution in [0.15, 0.2) is 46.6 Å². The Hall–Kier alpha value is -2.31. The third-order valence-electron chi connectivity index (χ3n) is 6.14. The summed E-state index contributed by atoms with van der Waals surface area (Å²) < 4.78 is 16.9. The third kappa shape index (κ3) is 7.38. The van der Waals surface area contributed by atoms with Crippen molar-refractivity contribution >= 4 is 32.5 Å². The predicted octanol–water partition coefficient (Wildman–Crippen LogP) is 4.19. The predicted molar refractivity (Wildman–Crippen MR) is 127 cm³/mol. The van der Waals surface area contributed by atoms with Crippen molar-refractivity contribution in [1.29, 1.82) is 0 Å². The molecule has 2 unspecified atom stereocenters. The van der Waals surface area contributed by atoms with E-state index in [2.05, 4.69) is 61.7 Å². The molecule has 8 heteroatoms. The van der Waals surface area contributed by atoms with Crippen LogP contribution in [0.25, 0.3) is 0 Å². The number of aromatic nitrogens is 2. The van der Waals surface area contributed by atoms with Crippen LogP contribution in [0.5, 0.6) is 0 Å². The summed E-state index contributed by atoms with van der Waals surface area (Å²) >= 11 is -1.62. The molecule has 0 aliphatic carbocycles. The molecule has 4 rings (SSSR count). The molecule has 0 bridgehead atoms. The molecule has 2 atom stereocenters. The number of nitrogens with zero attached hydrogens (tertiary/aromatic N) is 2. The quantitative estimate of drug-likeness (QED) is 0.470. The standard InChI is InChI=1S/C12H16N2O.C12H18N2.O2Se/c1-12(2)7-10(8-15)14-11(12)6-9-4-3-5-13-9;1-9-8-12(2,3)11(14-9)7-10-5-4-6-13-10;1-3-2/h3-5,8,11,13H,6-7H2,1-2H3;4-6,11,13H,7-8H2,1-3H3;. The summed E-state index contributed by atoms with van der Waals surface area (Å²) in [6, 6.07) is 8.90. The molecule has 0 amide bonds. The number of hydrogen-bond acceptors (Lipinski definition) is 5. The van der Waals surface area contributed by atoms with Gasteiger partial charge in [0.15, 0.2) is 6.29 Å². The molecule has 0 saturated heterocycles. The zero-order valence-corrected chi connectivity index (χ0v) is 21.3. The molecule has 2 aliphatic heterocycles. The SMILES string of the molecule is CC1(C)CC(C=O)=NC1Cc1ccc[nH]1.CC1=NC(Cc2ccc[nH]2)C(C)(C)C1.O=[Se]=O. The molecule has 0 spiro atoms. The first-order valence-corrected chi connectivity index (χ1v) is 12.2. The van der Waals surface area contributed by atoms with Crippen molar-refractivity contribution < 1.29 is 12.5 Å². The van der Waals surface area contributed by atoms with Crippen LogP contribution < -0.4 is 0 Å². The van der Waals surface area contributed by atoms with Crippen LogP contribution in [0.1, 0.15) is 58.8 Å². The third-order valence-corrected chi connectivity index (χ3v) is 6.14. The average molecular weight is 506 g/mol. The van der Waals surface area contributed by atoms with Gasteiger partial charge in [-0.2, -0.15) is 0 Å². The minimum absolute atomic E-state index is 0.0986. The van der Waals surface area contributed by atoms with Gasteiger partial charge in [0.05, 0.1) is 17.8 Å². The summed E-state index contributed by atoms with van der Waals surface area (Å²) in [5, 5.41) is 0. The van der Waals surface area contributed by atoms with Crippen LogP contribution in [0.4, 0.5) is 0 Å². The van der Waals surface area contributed by atoms with E-state index in [9.17, 15) is 4.79 Å². The Balaban J connectivity index is 0.000000203. The van der Waals surface area contributed by atoms with E-state index in [1.54, 1.807) is 0 Å². The summed E-state index contributed by atoms with van der Waals surface area (Å²) in [5.41, 5.74) is 4.91. The van der Waals surface area contributed by atoms with Gasteiger partial charge < -0.3 is 9.97 Å². The number of aromatic amines is 2. The van der Waals surface area contributed by atoms with Gasteiger partial charge >= 0.3 is 22.5 Å². The molecule has 0 radical (unpaired) electrons. The zero-order chi connectivity index (χ0) is 23.8.